The van der Waals surface area contributed by atoms with Crippen LogP contribution in [0, 0.1) is 0 Å². The lowest BCUT2D eigenvalue weighted by molar-refractivity contribution is 0.705. The van der Waals surface area contributed by atoms with E-state index >= 15 is 0 Å². The van der Waals surface area contributed by atoms with Gasteiger partial charge in [-0.2, -0.15) is 4.68 Å². The van der Waals surface area contributed by atoms with Gasteiger partial charge in [0.15, 0.2) is 0 Å². The van der Waals surface area contributed by atoms with Gasteiger partial charge >= 0.3 is 5.56 Å². The van der Waals surface area contributed by atoms with Crippen molar-refractivity contribution >= 4 is 34.9 Å². The van der Waals surface area contributed by atoms with E-state index in [0.29, 0.717) is 15.9 Å². The number of anilines is 2. The summed E-state index contributed by atoms with van der Waals surface area (Å²) in [4.78, 5) is 12.5. The first-order chi connectivity index (χ1) is 13.6. The molecule has 1 aromatic heterocycles. The molecule has 0 aliphatic heterocycles. The van der Waals surface area contributed by atoms with Gasteiger partial charge in [0.25, 0.3) is 0 Å². The van der Waals surface area contributed by atoms with Gasteiger partial charge in [0.05, 0.1) is 0 Å². The molecule has 6 nitrogen and oxygen atoms in total. The number of thioether (sulfide) groups is 1. The molecule has 2 aromatic carbocycles. The minimum absolute atomic E-state index is 0.0888. The number of rotatable bonds is 8. The molecule has 0 spiro atoms. The Morgan fingerprint density at radius 1 is 1.14 bits per heavy atom. The zero-order chi connectivity index (χ0) is 19.9. The summed E-state index contributed by atoms with van der Waals surface area (Å²) in [6.45, 7) is 2.17. The van der Waals surface area contributed by atoms with Gasteiger partial charge in [0, 0.05) is 16.5 Å². The second kappa shape index (κ2) is 9.61. The summed E-state index contributed by atoms with van der Waals surface area (Å²) < 4.78 is 1.01. The Hall–Kier alpha value is -2.51. The first-order valence-electron chi connectivity index (χ1n) is 9.05. The van der Waals surface area contributed by atoms with Gasteiger partial charge in [-0.25, -0.2) is 0 Å². The number of nitrogens with one attached hydrogen (secondary N) is 1. The molecule has 0 saturated carbocycles. The lowest BCUT2D eigenvalue weighted by Crippen LogP contribution is -2.32. The van der Waals surface area contributed by atoms with Crippen LogP contribution < -0.4 is 16.7 Å². The maximum absolute atomic E-state index is 12.5. The summed E-state index contributed by atoms with van der Waals surface area (Å²) in [5, 5.41) is 12.1. The number of nitrogen functional groups attached to an aromatic ring is 1. The molecule has 0 atom stereocenters. The zero-order valence-electron chi connectivity index (χ0n) is 15.6. The van der Waals surface area contributed by atoms with E-state index in [1.807, 2.05) is 48.5 Å². The molecule has 28 heavy (non-hydrogen) atoms. The topological polar surface area (TPSA) is 85.8 Å². The third-order valence-electron chi connectivity index (χ3n) is 4.21. The summed E-state index contributed by atoms with van der Waals surface area (Å²) in [6.07, 6.45) is 3.36. The van der Waals surface area contributed by atoms with Crippen molar-refractivity contribution in [2.45, 2.75) is 37.1 Å². The molecule has 0 aliphatic rings. The molecule has 3 aromatic rings. The van der Waals surface area contributed by atoms with Gasteiger partial charge in [0.1, 0.15) is 0 Å². The van der Waals surface area contributed by atoms with Crippen LogP contribution >= 0.6 is 23.4 Å². The number of nitrogens with two attached hydrogens (primary N) is 1. The highest BCUT2D eigenvalue weighted by atomic mass is 35.5. The van der Waals surface area contributed by atoms with Crippen molar-refractivity contribution in [1.82, 2.24) is 14.9 Å². The largest absolute Gasteiger partial charge is 0.334 e. The van der Waals surface area contributed by atoms with Crippen LogP contribution in [0.25, 0.3) is 0 Å². The van der Waals surface area contributed by atoms with Crippen molar-refractivity contribution in [3.8, 4) is 0 Å². The molecular weight excluding hydrogens is 394 g/mol. The van der Waals surface area contributed by atoms with E-state index in [4.69, 9.17) is 17.4 Å². The van der Waals surface area contributed by atoms with E-state index in [-0.39, 0.29) is 5.82 Å². The molecule has 0 bridgehead atoms. The van der Waals surface area contributed by atoms with Gasteiger partial charge in [-0.05, 0) is 42.2 Å². The molecule has 146 valence electrons. The average Bonchev–Trinajstić information content (AvgIpc) is 2.71. The van der Waals surface area contributed by atoms with Crippen LogP contribution in [0.1, 0.15) is 30.9 Å². The molecule has 3 rings (SSSR count). The fourth-order valence-electron chi connectivity index (χ4n) is 2.59. The molecule has 0 unspecified atom stereocenters. The Kier molecular flexibility index (Phi) is 6.95. The van der Waals surface area contributed by atoms with Crippen LogP contribution in [0.3, 0.4) is 0 Å². The molecule has 3 N–H and O–H groups in total. The Balaban J connectivity index is 1.69. The molecule has 0 fully saturated rings. The lowest BCUT2D eigenvalue weighted by Gasteiger charge is -2.10. The number of aryl methyl sites for hydroxylation is 1. The first-order valence-corrected chi connectivity index (χ1v) is 10.4. The van der Waals surface area contributed by atoms with E-state index < -0.39 is 5.56 Å². The molecule has 0 radical (unpaired) electrons. The highest BCUT2D eigenvalue weighted by Gasteiger charge is 2.12. The van der Waals surface area contributed by atoms with Crippen molar-refractivity contribution in [3.63, 3.8) is 0 Å². The maximum Gasteiger partial charge on any atom is 0.315 e. The molecular formula is C20H22ClN5OS. The predicted octanol–water partition coefficient (Wildman–Crippen LogP) is 4.38. The summed E-state index contributed by atoms with van der Waals surface area (Å²) in [6, 6.07) is 15.4. The number of hydrogen-bond donors (Lipinski definition) is 2. The van der Waals surface area contributed by atoms with Gasteiger partial charge in [-0.3, -0.25) is 4.79 Å². The monoisotopic (exact) mass is 415 g/mol. The number of hydrogen-bond acceptors (Lipinski definition) is 6. The number of unbranched alkanes of at least 4 members (excludes halogenated alkanes) is 1. The maximum atomic E-state index is 12.5. The van der Waals surface area contributed by atoms with Crippen LogP contribution in [0.15, 0.2) is 58.5 Å². The van der Waals surface area contributed by atoms with Gasteiger partial charge in [0.2, 0.25) is 11.0 Å². The van der Waals surface area contributed by atoms with Crippen molar-refractivity contribution in [2.24, 2.45) is 0 Å². The number of benzene rings is 2. The van der Waals surface area contributed by atoms with Crippen LogP contribution in [-0.4, -0.2) is 14.9 Å². The van der Waals surface area contributed by atoms with Crippen LogP contribution in [0.5, 0.6) is 0 Å². The van der Waals surface area contributed by atoms with Crippen LogP contribution in [0.4, 0.5) is 11.5 Å². The number of halogens is 1. The lowest BCUT2D eigenvalue weighted by atomic mass is 10.1. The third kappa shape index (κ3) is 5.05. The van der Waals surface area contributed by atoms with Gasteiger partial charge in [-0.15, -0.1) is 10.2 Å². The highest BCUT2D eigenvalue weighted by molar-refractivity contribution is 7.98. The van der Waals surface area contributed by atoms with Crippen molar-refractivity contribution < 1.29 is 0 Å². The fraction of sp³-hybridized carbons (Fsp3) is 0.250. The smallest absolute Gasteiger partial charge is 0.315 e. The Bertz CT molecular complexity index is 991. The molecule has 0 saturated heterocycles. The average molecular weight is 416 g/mol. The Morgan fingerprint density at radius 3 is 2.61 bits per heavy atom. The van der Waals surface area contributed by atoms with E-state index in [9.17, 15) is 4.79 Å². The molecule has 0 aliphatic carbocycles. The highest BCUT2D eigenvalue weighted by Crippen LogP contribution is 2.24. The predicted molar refractivity (Wildman–Crippen MR) is 116 cm³/mol. The number of aromatic nitrogens is 3. The van der Waals surface area contributed by atoms with E-state index in [1.165, 1.54) is 17.3 Å². The third-order valence-corrected chi connectivity index (χ3v) is 5.57. The van der Waals surface area contributed by atoms with Crippen molar-refractivity contribution in [3.05, 3.63) is 75.0 Å². The Labute approximate surface area is 173 Å². The number of nitrogens with zero attached hydrogens (tertiary/aromatic N) is 3. The van der Waals surface area contributed by atoms with Gasteiger partial charge in [-0.1, -0.05) is 67.0 Å². The zero-order valence-corrected chi connectivity index (χ0v) is 17.1. The van der Waals surface area contributed by atoms with E-state index in [2.05, 4.69) is 22.4 Å². The van der Waals surface area contributed by atoms with E-state index in [0.717, 1.165) is 35.2 Å². The van der Waals surface area contributed by atoms with Crippen molar-refractivity contribution in [2.75, 3.05) is 11.2 Å². The molecule has 8 heteroatoms. The summed E-state index contributed by atoms with van der Waals surface area (Å²) in [5.74, 6) is 6.55. The SMILES string of the molecule is CCCCc1ccc(Nc2nnc(SCc3ccccc3Cl)n(N)c2=O)cc1. The van der Waals surface area contributed by atoms with Crippen LogP contribution in [-0.2, 0) is 12.2 Å². The summed E-state index contributed by atoms with van der Waals surface area (Å²) in [7, 11) is 0. The van der Waals surface area contributed by atoms with Crippen LogP contribution in [0.2, 0.25) is 5.02 Å². The molecule has 0 amide bonds. The Morgan fingerprint density at radius 2 is 1.89 bits per heavy atom. The van der Waals surface area contributed by atoms with E-state index in [1.54, 1.807) is 0 Å². The standard InChI is InChI=1S/C20H22ClN5OS/c1-2-3-6-14-9-11-16(12-10-14)23-18-19(27)26(22)20(25-24-18)28-13-15-7-4-5-8-17(15)21/h4-5,7-12H,2-3,6,13,22H2,1H3,(H,23,24). The fourth-order valence-corrected chi connectivity index (χ4v) is 3.73. The second-order valence-corrected chi connectivity index (χ2v) is 7.66. The van der Waals surface area contributed by atoms with Gasteiger partial charge < -0.3 is 11.2 Å². The first kappa shape index (κ1) is 20.2. The van der Waals surface area contributed by atoms with Crippen molar-refractivity contribution in [1.29, 1.82) is 0 Å². The quantitative estimate of drug-likeness (QED) is 0.419. The minimum atomic E-state index is -0.438. The molecule has 1 heterocycles. The summed E-state index contributed by atoms with van der Waals surface area (Å²) in [5.41, 5.74) is 2.53. The normalized spacial score (nSPS) is 10.8. The second-order valence-electron chi connectivity index (χ2n) is 6.31. The summed E-state index contributed by atoms with van der Waals surface area (Å²) >= 11 is 7.46. The minimum Gasteiger partial charge on any atom is -0.334 e.